The van der Waals surface area contributed by atoms with E-state index >= 15 is 0 Å². The van der Waals surface area contributed by atoms with Crippen LogP contribution in [0.2, 0.25) is 0 Å². The van der Waals surface area contributed by atoms with Gasteiger partial charge < -0.3 is 10.2 Å². The van der Waals surface area contributed by atoms with Gasteiger partial charge in [0.15, 0.2) is 0 Å². The molecule has 74 valence electrons. The Morgan fingerprint density at radius 3 is 2.79 bits per heavy atom. The van der Waals surface area contributed by atoms with E-state index in [4.69, 9.17) is 10.2 Å². The van der Waals surface area contributed by atoms with Crippen molar-refractivity contribution in [1.29, 1.82) is 0 Å². The summed E-state index contributed by atoms with van der Waals surface area (Å²) in [6, 6.07) is 3.58. The molecular weight excluding hydrogens is 178 g/mol. The van der Waals surface area contributed by atoms with Gasteiger partial charge in [0.25, 0.3) is 0 Å². The lowest BCUT2D eigenvalue weighted by Crippen LogP contribution is -2.09. The van der Waals surface area contributed by atoms with E-state index < -0.39 is 0 Å². The topological polar surface area (TPSA) is 57.0 Å². The van der Waals surface area contributed by atoms with Crippen molar-refractivity contribution >= 4 is 0 Å². The van der Waals surface area contributed by atoms with Crippen molar-refractivity contribution < 1.29 is 4.42 Å². The molecule has 4 nitrogen and oxygen atoms in total. The minimum atomic E-state index is -0.225. The number of aromatic nitrogens is 2. The lowest BCUT2D eigenvalue weighted by atomic mass is 10.1. The van der Waals surface area contributed by atoms with E-state index in [9.17, 15) is 0 Å². The molecular formula is C10H13N3O. The van der Waals surface area contributed by atoms with Crippen LogP contribution in [-0.2, 0) is 7.05 Å². The summed E-state index contributed by atoms with van der Waals surface area (Å²) in [6.45, 7) is 1.90. The lowest BCUT2D eigenvalue weighted by molar-refractivity contribution is 0.466. The second-order valence-electron chi connectivity index (χ2n) is 3.37. The molecule has 2 heterocycles. The molecule has 0 aliphatic heterocycles. The Hall–Kier alpha value is -1.55. The largest absolute Gasteiger partial charge is 0.464 e. The van der Waals surface area contributed by atoms with Gasteiger partial charge >= 0.3 is 0 Å². The Kier molecular flexibility index (Phi) is 2.13. The third kappa shape index (κ3) is 1.56. The first kappa shape index (κ1) is 9.02. The van der Waals surface area contributed by atoms with E-state index in [-0.39, 0.29) is 6.04 Å². The fourth-order valence-corrected chi connectivity index (χ4v) is 1.39. The van der Waals surface area contributed by atoms with Crippen LogP contribution in [0, 0.1) is 6.92 Å². The maximum Gasteiger partial charge on any atom is 0.125 e. The number of rotatable bonds is 2. The van der Waals surface area contributed by atoms with Gasteiger partial charge in [-0.1, -0.05) is 0 Å². The molecule has 0 radical (unpaired) electrons. The number of nitrogens with zero attached hydrogens (tertiary/aromatic N) is 2. The molecule has 0 fully saturated rings. The molecule has 4 heteroatoms. The van der Waals surface area contributed by atoms with Gasteiger partial charge in [-0.2, -0.15) is 5.10 Å². The van der Waals surface area contributed by atoms with E-state index in [0.29, 0.717) is 0 Å². The highest BCUT2D eigenvalue weighted by molar-refractivity contribution is 5.22. The minimum Gasteiger partial charge on any atom is -0.464 e. The maximum atomic E-state index is 6.00. The van der Waals surface area contributed by atoms with E-state index in [1.807, 2.05) is 32.3 Å². The molecule has 0 saturated carbocycles. The molecule has 0 aliphatic rings. The number of nitrogens with two attached hydrogens (primary N) is 1. The first-order valence-electron chi connectivity index (χ1n) is 4.47. The first-order chi connectivity index (χ1) is 6.66. The van der Waals surface area contributed by atoms with Gasteiger partial charge in [0, 0.05) is 18.8 Å². The summed E-state index contributed by atoms with van der Waals surface area (Å²) < 4.78 is 7.17. The van der Waals surface area contributed by atoms with Crippen LogP contribution in [-0.4, -0.2) is 9.78 Å². The molecule has 2 rings (SSSR count). The maximum absolute atomic E-state index is 6.00. The van der Waals surface area contributed by atoms with Crippen molar-refractivity contribution in [3.8, 4) is 0 Å². The van der Waals surface area contributed by atoms with Crippen LogP contribution >= 0.6 is 0 Å². The van der Waals surface area contributed by atoms with Crippen molar-refractivity contribution in [3.05, 3.63) is 41.6 Å². The number of furan rings is 1. The van der Waals surface area contributed by atoms with Gasteiger partial charge in [0.2, 0.25) is 0 Å². The molecule has 2 N–H and O–H groups in total. The quantitative estimate of drug-likeness (QED) is 0.780. The highest BCUT2D eigenvalue weighted by atomic mass is 16.3. The lowest BCUT2D eigenvalue weighted by Gasteiger charge is -2.04. The van der Waals surface area contributed by atoms with E-state index in [1.165, 1.54) is 0 Å². The minimum absolute atomic E-state index is 0.225. The number of hydrogen-bond acceptors (Lipinski definition) is 3. The van der Waals surface area contributed by atoms with Crippen LogP contribution in [0.4, 0.5) is 0 Å². The zero-order valence-corrected chi connectivity index (χ0v) is 8.27. The third-order valence-corrected chi connectivity index (χ3v) is 2.15. The zero-order chi connectivity index (χ0) is 10.1. The van der Waals surface area contributed by atoms with Crippen LogP contribution in [0.5, 0.6) is 0 Å². The Morgan fingerprint density at radius 2 is 2.29 bits per heavy atom. The molecule has 14 heavy (non-hydrogen) atoms. The average Bonchev–Trinajstić information content (AvgIpc) is 2.73. The first-order valence-corrected chi connectivity index (χ1v) is 4.47. The van der Waals surface area contributed by atoms with Gasteiger partial charge in [-0.25, -0.2) is 0 Å². The van der Waals surface area contributed by atoms with Crippen molar-refractivity contribution in [2.45, 2.75) is 13.0 Å². The van der Waals surface area contributed by atoms with Crippen molar-refractivity contribution in [2.24, 2.45) is 12.8 Å². The predicted octanol–water partition coefficient (Wildman–Crippen LogP) is 1.37. The summed E-state index contributed by atoms with van der Waals surface area (Å²) in [7, 11) is 1.86. The Bertz CT molecular complexity index is 390. The highest BCUT2D eigenvalue weighted by Crippen LogP contribution is 2.20. The Balaban J connectivity index is 2.28. The van der Waals surface area contributed by atoms with Crippen LogP contribution < -0.4 is 5.73 Å². The fraction of sp³-hybridized carbons (Fsp3) is 0.300. The standard InChI is InChI=1S/C10H13N3O/c1-7-3-4-9(14-7)10(11)8-5-12-13(2)6-8/h3-6,10H,11H2,1-2H3. The monoisotopic (exact) mass is 191 g/mol. The van der Waals surface area contributed by atoms with Gasteiger partial charge in [-0.05, 0) is 19.1 Å². The molecule has 2 aromatic rings. The molecule has 1 unspecified atom stereocenters. The molecule has 0 amide bonds. The third-order valence-electron chi connectivity index (χ3n) is 2.15. The SMILES string of the molecule is Cc1ccc(C(N)c2cnn(C)c2)o1. The summed E-state index contributed by atoms with van der Waals surface area (Å²) in [5.41, 5.74) is 6.96. The van der Waals surface area contributed by atoms with Crippen LogP contribution in [0.25, 0.3) is 0 Å². The van der Waals surface area contributed by atoms with E-state index in [1.54, 1.807) is 10.9 Å². The summed E-state index contributed by atoms with van der Waals surface area (Å²) in [5.74, 6) is 1.65. The van der Waals surface area contributed by atoms with Crippen molar-refractivity contribution in [1.82, 2.24) is 9.78 Å². The molecule has 1 atom stereocenters. The summed E-state index contributed by atoms with van der Waals surface area (Å²) in [6.07, 6.45) is 3.64. The molecule has 0 aromatic carbocycles. The zero-order valence-electron chi connectivity index (χ0n) is 8.27. The van der Waals surface area contributed by atoms with Gasteiger partial charge in [0.05, 0.1) is 12.2 Å². The van der Waals surface area contributed by atoms with E-state index in [2.05, 4.69) is 5.10 Å². The van der Waals surface area contributed by atoms with Gasteiger partial charge in [0.1, 0.15) is 11.5 Å². The Labute approximate surface area is 82.3 Å². The highest BCUT2D eigenvalue weighted by Gasteiger charge is 2.13. The number of hydrogen-bond donors (Lipinski definition) is 1. The summed E-state index contributed by atoms with van der Waals surface area (Å²) >= 11 is 0. The van der Waals surface area contributed by atoms with Crippen LogP contribution in [0.15, 0.2) is 28.9 Å². The average molecular weight is 191 g/mol. The normalized spacial score (nSPS) is 13.1. The predicted molar refractivity (Wildman–Crippen MR) is 52.7 cm³/mol. The molecule has 0 saturated heterocycles. The summed E-state index contributed by atoms with van der Waals surface area (Å²) in [4.78, 5) is 0. The second kappa shape index (κ2) is 3.31. The fourth-order valence-electron chi connectivity index (χ4n) is 1.39. The molecule has 0 aliphatic carbocycles. The number of aryl methyl sites for hydroxylation is 2. The van der Waals surface area contributed by atoms with Crippen molar-refractivity contribution in [2.75, 3.05) is 0 Å². The molecule has 0 spiro atoms. The second-order valence-corrected chi connectivity index (χ2v) is 3.37. The van der Waals surface area contributed by atoms with E-state index in [0.717, 1.165) is 17.1 Å². The smallest absolute Gasteiger partial charge is 0.125 e. The van der Waals surface area contributed by atoms with Gasteiger partial charge in [-0.15, -0.1) is 0 Å². The van der Waals surface area contributed by atoms with Crippen LogP contribution in [0.3, 0.4) is 0 Å². The van der Waals surface area contributed by atoms with Gasteiger partial charge in [-0.3, -0.25) is 4.68 Å². The molecule has 2 aromatic heterocycles. The van der Waals surface area contributed by atoms with Crippen LogP contribution in [0.1, 0.15) is 23.1 Å². The Morgan fingerprint density at radius 1 is 1.50 bits per heavy atom. The molecule has 0 bridgehead atoms. The van der Waals surface area contributed by atoms with Crippen molar-refractivity contribution in [3.63, 3.8) is 0 Å². The summed E-state index contributed by atoms with van der Waals surface area (Å²) in [5, 5.41) is 4.07.